The van der Waals surface area contributed by atoms with Crippen LogP contribution >= 0.6 is 0 Å². The molecule has 134 valence electrons. The van der Waals surface area contributed by atoms with Gasteiger partial charge in [0, 0.05) is 4.91 Å². The molecular formula is C19H37N3O. The molecule has 0 aromatic rings. The molecule has 0 rings (SSSR count). The van der Waals surface area contributed by atoms with Gasteiger partial charge in [-0.15, -0.1) is 0 Å². The number of allylic oxidation sites excluding steroid dienone is 2. The van der Waals surface area contributed by atoms with Crippen LogP contribution in [-0.4, -0.2) is 11.3 Å². The summed E-state index contributed by atoms with van der Waals surface area (Å²) in [5.74, 6) is 0.304. The maximum absolute atomic E-state index is 9.63. The van der Waals surface area contributed by atoms with E-state index >= 15 is 0 Å². The van der Waals surface area contributed by atoms with E-state index in [1.54, 1.807) is 0 Å². The summed E-state index contributed by atoms with van der Waals surface area (Å²) in [6.07, 6.45) is 17.9. The molecule has 0 aliphatic carbocycles. The summed E-state index contributed by atoms with van der Waals surface area (Å²) >= 11 is 0. The van der Waals surface area contributed by atoms with E-state index in [1.165, 1.54) is 57.8 Å². The van der Waals surface area contributed by atoms with Crippen molar-refractivity contribution in [1.29, 1.82) is 0 Å². The minimum Gasteiger partial charge on any atom is -0.387 e. The summed E-state index contributed by atoms with van der Waals surface area (Å²) in [7, 11) is 0. The fraction of sp³-hybridized carbons (Fsp3) is 0.895. The second-order valence-electron chi connectivity index (χ2n) is 6.78. The fourth-order valence-electron chi connectivity index (χ4n) is 2.67. The van der Waals surface area contributed by atoms with Gasteiger partial charge in [-0.05, 0) is 36.6 Å². The van der Waals surface area contributed by atoms with Crippen LogP contribution in [0.4, 0.5) is 0 Å². The minimum absolute atomic E-state index is 0.0109. The van der Waals surface area contributed by atoms with Crippen LogP contribution in [0.15, 0.2) is 17.3 Å². The molecular weight excluding hydrogens is 286 g/mol. The minimum atomic E-state index is -0.916. The molecule has 0 aromatic heterocycles. The van der Waals surface area contributed by atoms with Gasteiger partial charge in [-0.2, -0.15) is 0 Å². The van der Waals surface area contributed by atoms with Crippen LogP contribution in [0.5, 0.6) is 0 Å². The summed E-state index contributed by atoms with van der Waals surface area (Å²) < 4.78 is 0. The van der Waals surface area contributed by atoms with Gasteiger partial charge in [-0.25, -0.2) is 0 Å². The molecule has 0 heterocycles. The SMILES string of the molecule is CCCCCCCCCCCC=CCC(C)[C@@H](C)[C@H](O)N=[N+]=[N-]. The highest BCUT2D eigenvalue weighted by Crippen LogP contribution is 2.20. The van der Waals surface area contributed by atoms with Gasteiger partial charge in [0.1, 0.15) is 6.23 Å². The lowest BCUT2D eigenvalue weighted by Crippen LogP contribution is -2.21. The Kier molecular flexibility index (Phi) is 15.2. The van der Waals surface area contributed by atoms with Crippen LogP contribution in [-0.2, 0) is 0 Å². The Balaban J connectivity index is 3.51. The number of aliphatic hydroxyl groups is 1. The van der Waals surface area contributed by atoms with E-state index in [2.05, 4.69) is 36.0 Å². The molecule has 4 heteroatoms. The molecule has 0 saturated heterocycles. The molecule has 0 fully saturated rings. The van der Waals surface area contributed by atoms with E-state index in [4.69, 9.17) is 5.53 Å². The molecule has 0 aromatic carbocycles. The lowest BCUT2D eigenvalue weighted by molar-refractivity contribution is 0.0940. The smallest absolute Gasteiger partial charge is 0.135 e. The first-order chi connectivity index (χ1) is 11.1. The van der Waals surface area contributed by atoms with E-state index in [0.717, 1.165) is 12.8 Å². The Morgan fingerprint density at radius 3 is 2.09 bits per heavy atom. The highest BCUT2D eigenvalue weighted by atomic mass is 16.3. The molecule has 0 amide bonds. The first kappa shape index (κ1) is 22.0. The van der Waals surface area contributed by atoms with E-state index in [9.17, 15) is 5.11 Å². The van der Waals surface area contributed by atoms with Gasteiger partial charge in [0.05, 0.1) is 0 Å². The molecule has 0 spiro atoms. The Hall–Kier alpha value is -0.990. The monoisotopic (exact) mass is 323 g/mol. The van der Waals surface area contributed by atoms with E-state index < -0.39 is 6.23 Å². The van der Waals surface area contributed by atoms with Crippen molar-refractivity contribution in [2.45, 2.75) is 97.6 Å². The normalized spacial score (nSPS) is 15.3. The van der Waals surface area contributed by atoms with Crippen LogP contribution in [0.2, 0.25) is 0 Å². The van der Waals surface area contributed by atoms with Crippen molar-refractivity contribution < 1.29 is 5.11 Å². The summed E-state index contributed by atoms with van der Waals surface area (Å²) in [6, 6.07) is 0. The third-order valence-corrected chi connectivity index (χ3v) is 4.69. The van der Waals surface area contributed by atoms with Crippen molar-refractivity contribution in [2.75, 3.05) is 0 Å². The summed E-state index contributed by atoms with van der Waals surface area (Å²) in [6.45, 7) is 6.28. The number of azide groups is 1. The van der Waals surface area contributed by atoms with Crippen LogP contribution in [0.1, 0.15) is 91.4 Å². The zero-order valence-corrected chi connectivity index (χ0v) is 15.5. The topological polar surface area (TPSA) is 69.0 Å². The summed E-state index contributed by atoms with van der Waals surface area (Å²) in [5.41, 5.74) is 8.34. The van der Waals surface area contributed by atoms with Gasteiger partial charge in [0.15, 0.2) is 0 Å². The zero-order valence-electron chi connectivity index (χ0n) is 15.5. The number of hydrogen-bond acceptors (Lipinski definition) is 2. The van der Waals surface area contributed by atoms with Crippen molar-refractivity contribution in [2.24, 2.45) is 17.0 Å². The largest absolute Gasteiger partial charge is 0.387 e. The van der Waals surface area contributed by atoms with E-state index in [0.29, 0.717) is 5.92 Å². The van der Waals surface area contributed by atoms with Gasteiger partial charge in [-0.1, -0.05) is 89.4 Å². The zero-order chi connectivity index (χ0) is 17.3. The van der Waals surface area contributed by atoms with Gasteiger partial charge in [0.2, 0.25) is 0 Å². The van der Waals surface area contributed by atoms with Gasteiger partial charge < -0.3 is 5.11 Å². The van der Waals surface area contributed by atoms with Gasteiger partial charge >= 0.3 is 0 Å². The number of rotatable bonds is 15. The predicted octanol–water partition coefficient (Wildman–Crippen LogP) is 6.75. The molecule has 1 unspecified atom stereocenters. The van der Waals surface area contributed by atoms with Crippen molar-refractivity contribution >= 4 is 0 Å². The molecule has 0 bridgehead atoms. The standard InChI is InChI=1S/C19H37N3O/c1-4-5-6-7-8-9-10-11-12-13-14-15-16-17(2)18(3)19(23)21-22-20/h14-15,17-19,23H,4-13,16H2,1-3H3/t17?,18-,19+/m1/s1. The second kappa shape index (κ2) is 15.9. The fourth-order valence-corrected chi connectivity index (χ4v) is 2.67. The molecule has 23 heavy (non-hydrogen) atoms. The third-order valence-electron chi connectivity index (χ3n) is 4.69. The van der Waals surface area contributed by atoms with Gasteiger partial charge in [0.25, 0.3) is 0 Å². The molecule has 0 radical (unpaired) electrons. The van der Waals surface area contributed by atoms with E-state index in [-0.39, 0.29) is 5.92 Å². The number of unbranched alkanes of at least 4 members (excludes halogenated alkanes) is 9. The van der Waals surface area contributed by atoms with Crippen molar-refractivity contribution in [1.82, 2.24) is 0 Å². The Morgan fingerprint density at radius 2 is 1.52 bits per heavy atom. The molecule has 0 aliphatic heterocycles. The first-order valence-electron chi connectivity index (χ1n) is 9.50. The summed E-state index contributed by atoms with van der Waals surface area (Å²) in [5, 5.41) is 13.0. The van der Waals surface area contributed by atoms with Crippen molar-refractivity contribution in [3.63, 3.8) is 0 Å². The lowest BCUT2D eigenvalue weighted by atomic mass is 9.91. The number of aliphatic hydroxyl groups excluding tert-OH is 1. The summed E-state index contributed by atoms with van der Waals surface area (Å²) in [4.78, 5) is 2.66. The Bertz CT molecular complexity index is 338. The highest BCUT2D eigenvalue weighted by molar-refractivity contribution is 4.85. The Labute approximate surface area is 143 Å². The van der Waals surface area contributed by atoms with Crippen LogP contribution in [0, 0.1) is 11.8 Å². The quantitative estimate of drug-likeness (QED) is 0.117. The third kappa shape index (κ3) is 13.2. The van der Waals surface area contributed by atoms with Crippen molar-refractivity contribution in [3.8, 4) is 0 Å². The maximum Gasteiger partial charge on any atom is 0.135 e. The molecule has 0 saturated carbocycles. The lowest BCUT2D eigenvalue weighted by Gasteiger charge is -2.20. The number of hydrogen-bond donors (Lipinski definition) is 1. The van der Waals surface area contributed by atoms with Gasteiger partial charge in [-0.3, -0.25) is 0 Å². The second-order valence-corrected chi connectivity index (χ2v) is 6.78. The number of nitrogens with zero attached hydrogens (tertiary/aromatic N) is 3. The van der Waals surface area contributed by atoms with Crippen LogP contribution in [0.25, 0.3) is 10.4 Å². The predicted molar refractivity (Wildman–Crippen MR) is 99.1 cm³/mol. The molecule has 1 N–H and O–H groups in total. The Morgan fingerprint density at radius 1 is 0.957 bits per heavy atom. The highest BCUT2D eigenvalue weighted by Gasteiger charge is 2.18. The van der Waals surface area contributed by atoms with Crippen LogP contribution in [0.3, 0.4) is 0 Å². The first-order valence-corrected chi connectivity index (χ1v) is 9.50. The average molecular weight is 324 g/mol. The average Bonchev–Trinajstić information content (AvgIpc) is 2.55. The molecule has 3 atom stereocenters. The molecule has 0 aliphatic rings. The van der Waals surface area contributed by atoms with Crippen molar-refractivity contribution in [3.05, 3.63) is 22.6 Å². The van der Waals surface area contributed by atoms with E-state index in [1.807, 2.05) is 6.92 Å². The molecule has 4 nitrogen and oxygen atoms in total. The van der Waals surface area contributed by atoms with Crippen LogP contribution < -0.4 is 0 Å². The maximum atomic E-state index is 9.63.